The van der Waals surface area contributed by atoms with E-state index in [1.54, 1.807) is 0 Å². The second-order valence-corrected chi connectivity index (χ2v) is 2.07. The fourth-order valence-corrected chi connectivity index (χ4v) is 0.541. The third-order valence-corrected chi connectivity index (χ3v) is 0.994. The summed E-state index contributed by atoms with van der Waals surface area (Å²) in [7, 11) is 0. The molecule has 68 valence electrons. The van der Waals surface area contributed by atoms with Gasteiger partial charge in [-0.1, -0.05) is 11.8 Å². The molecule has 0 rings (SSSR count). The van der Waals surface area contributed by atoms with E-state index < -0.39 is 11.9 Å². The van der Waals surface area contributed by atoms with Crippen LogP contribution >= 0.6 is 0 Å². The maximum Gasteiger partial charge on any atom is 0.381 e. The first-order valence-corrected chi connectivity index (χ1v) is 3.56. The Morgan fingerprint density at radius 2 is 1.31 bits per heavy atom. The van der Waals surface area contributed by atoms with Gasteiger partial charge in [0.15, 0.2) is 0 Å². The molecule has 0 radical (unpaired) electrons. The SMILES string of the molecule is O=C(O)C#CCCCC#CC(=O)O. The number of carbonyl (C=O) groups is 2. The van der Waals surface area contributed by atoms with Gasteiger partial charge in [0.1, 0.15) is 0 Å². The number of carboxylic acids is 2. The van der Waals surface area contributed by atoms with Crippen LogP contribution in [0.4, 0.5) is 0 Å². The van der Waals surface area contributed by atoms with Crippen molar-refractivity contribution >= 4 is 11.9 Å². The van der Waals surface area contributed by atoms with Gasteiger partial charge in [0.25, 0.3) is 0 Å². The highest BCUT2D eigenvalue weighted by Crippen LogP contribution is 1.90. The highest BCUT2D eigenvalue weighted by Gasteiger charge is 1.85. The molecule has 0 fully saturated rings. The Hall–Kier alpha value is -1.94. The third kappa shape index (κ3) is 10.1. The van der Waals surface area contributed by atoms with Crippen LogP contribution in [0.1, 0.15) is 19.3 Å². The van der Waals surface area contributed by atoms with Crippen LogP contribution in [-0.2, 0) is 9.59 Å². The van der Waals surface area contributed by atoms with E-state index in [2.05, 4.69) is 11.8 Å². The van der Waals surface area contributed by atoms with E-state index in [1.807, 2.05) is 11.8 Å². The molecule has 0 heterocycles. The lowest BCUT2D eigenvalue weighted by Crippen LogP contribution is -1.87. The van der Waals surface area contributed by atoms with Crippen molar-refractivity contribution in [2.45, 2.75) is 19.3 Å². The van der Waals surface area contributed by atoms with Crippen LogP contribution in [0.15, 0.2) is 0 Å². The average molecular weight is 180 g/mol. The van der Waals surface area contributed by atoms with Crippen molar-refractivity contribution in [1.29, 1.82) is 0 Å². The number of carboxylic acid groups (broad SMARTS) is 2. The molecule has 0 spiro atoms. The molecule has 0 bridgehead atoms. The number of aliphatic carboxylic acids is 2. The molecular weight excluding hydrogens is 172 g/mol. The summed E-state index contributed by atoms with van der Waals surface area (Å²) >= 11 is 0. The van der Waals surface area contributed by atoms with Crippen LogP contribution in [0.2, 0.25) is 0 Å². The molecule has 0 unspecified atom stereocenters. The maximum atomic E-state index is 9.90. The quantitative estimate of drug-likeness (QED) is 0.474. The lowest BCUT2D eigenvalue weighted by molar-refractivity contribution is -0.131. The molecule has 0 aromatic carbocycles. The first-order chi connectivity index (χ1) is 6.13. The van der Waals surface area contributed by atoms with Gasteiger partial charge < -0.3 is 10.2 Å². The van der Waals surface area contributed by atoms with E-state index >= 15 is 0 Å². The molecular formula is C9H8O4. The van der Waals surface area contributed by atoms with E-state index in [0.717, 1.165) is 0 Å². The fourth-order valence-electron chi connectivity index (χ4n) is 0.541. The Morgan fingerprint density at radius 1 is 0.923 bits per heavy atom. The summed E-state index contributed by atoms with van der Waals surface area (Å²) in [5.74, 6) is 6.40. The molecule has 2 N–H and O–H groups in total. The molecule has 4 nitrogen and oxygen atoms in total. The Balaban J connectivity index is 3.51. The summed E-state index contributed by atoms with van der Waals surface area (Å²) in [4.78, 5) is 19.8. The van der Waals surface area contributed by atoms with E-state index in [9.17, 15) is 9.59 Å². The number of rotatable bonds is 2. The van der Waals surface area contributed by atoms with Gasteiger partial charge in [-0.15, -0.1) is 0 Å². The van der Waals surface area contributed by atoms with Crippen molar-refractivity contribution in [1.82, 2.24) is 0 Å². The zero-order chi connectivity index (χ0) is 10.1. The van der Waals surface area contributed by atoms with Crippen molar-refractivity contribution in [3.8, 4) is 23.7 Å². The van der Waals surface area contributed by atoms with Gasteiger partial charge in [0, 0.05) is 24.7 Å². The number of unbranched alkanes of at least 4 members (excludes halogenated alkanes) is 2. The fraction of sp³-hybridized carbons (Fsp3) is 0.333. The average Bonchev–Trinajstić information content (AvgIpc) is 2.01. The zero-order valence-corrected chi connectivity index (χ0v) is 6.83. The second-order valence-electron chi connectivity index (χ2n) is 2.07. The highest BCUT2D eigenvalue weighted by atomic mass is 16.4. The Kier molecular flexibility index (Phi) is 5.74. The summed E-state index contributed by atoms with van der Waals surface area (Å²) in [6.07, 6.45) is 1.42. The number of hydrogen-bond acceptors (Lipinski definition) is 2. The van der Waals surface area contributed by atoms with Gasteiger partial charge in [-0.3, -0.25) is 0 Å². The summed E-state index contributed by atoms with van der Waals surface area (Å²) < 4.78 is 0. The predicted octanol–water partition coefficient (Wildman–Crippen LogP) is 0.333. The first-order valence-electron chi connectivity index (χ1n) is 3.56. The molecule has 0 amide bonds. The second kappa shape index (κ2) is 6.75. The Labute approximate surface area is 75.6 Å². The molecule has 0 aromatic rings. The van der Waals surface area contributed by atoms with Gasteiger partial charge in [0.05, 0.1) is 0 Å². The van der Waals surface area contributed by atoms with Gasteiger partial charge >= 0.3 is 11.9 Å². The van der Waals surface area contributed by atoms with Crippen LogP contribution < -0.4 is 0 Å². The smallest absolute Gasteiger partial charge is 0.381 e. The lowest BCUT2D eigenvalue weighted by Gasteiger charge is -1.82. The van der Waals surface area contributed by atoms with Crippen molar-refractivity contribution < 1.29 is 19.8 Å². The van der Waals surface area contributed by atoms with Gasteiger partial charge in [-0.05, 0) is 6.42 Å². The molecule has 0 aliphatic carbocycles. The van der Waals surface area contributed by atoms with Crippen molar-refractivity contribution in [3.63, 3.8) is 0 Å². The third-order valence-electron chi connectivity index (χ3n) is 0.994. The van der Waals surface area contributed by atoms with Crippen LogP contribution in [0.3, 0.4) is 0 Å². The molecule has 0 atom stereocenters. The first kappa shape index (κ1) is 11.1. The van der Waals surface area contributed by atoms with E-state index in [0.29, 0.717) is 19.3 Å². The molecule has 0 aliphatic heterocycles. The Morgan fingerprint density at radius 3 is 1.62 bits per heavy atom. The number of hydrogen-bond donors (Lipinski definition) is 2. The minimum absolute atomic E-state index is 0.417. The van der Waals surface area contributed by atoms with Crippen LogP contribution in [0.25, 0.3) is 0 Å². The van der Waals surface area contributed by atoms with Crippen molar-refractivity contribution in [2.75, 3.05) is 0 Å². The van der Waals surface area contributed by atoms with Gasteiger partial charge in [0.2, 0.25) is 0 Å². The standard InChI is InChI=1S/C9H8O4/c10-8(11)6-4-2-1-3-5-7-9(12)13/h1-3H2,(H,10,11)(H,12,13). The Bertz CT molecular complexity index is 276. The summed E-state index contributed by atoms with van der Waals surface area (Å²) in [6, 6.07) is 0. The summed E-state index contributed by atoms with van der Waals surface area (Å²) in [5.41, 5.74) is 0. The molecule has 13 heavy (non-hydrogen) atoms. The van der Waals surface area contributed by atoms with Gasteiger partial charge in [-0.2, -0.15) is 0 Å². The maximum absolute atomic E-state index is 9.90. The topological polar surface area (TPSA) is 74.6 Å². The zero-order valence-electron chi connectivity index (χ0n) is 6.83. The molecule has 0 aliphatic rings. The lowest BCUT2D eigenvalue weighted by atomic mass is 10.2. The van der Waals surface area contributed by atoms with Crippen LogP contribution in [0, 0.1) is 23.7 Å². The normalized spacial score (nSPS) is 7.38. The summed E-state index contributed by atoms with van der Waals surface area (Å²) in [6.45, 7) is 0. The van der Waals surface area contributed by atoms with Crippen molar-refractivity contribution in [2.24, 2.45) is 0 Å². The summed E-state index contributed by atoms with van der Waals surface area (Å²) in [5, 5.41) is 16.2. The van der Waals surface area contributed by atoms with Gasteiger partial charge in [-0.25, -0.2) is 9.59 Å². The molecule has 4 heteroatoms. The van der Waals surface area contributed by atoms with Crippen LogP contribution in [0.5, 0.6) is 0 Å². The minimum Gasteiger partial charge on any atom is -0.472 e. The predicted molar refractivity (Wildman–Crippen MR) is 44.7 cm³/mol. The molecule has 0 saturated carbocycles. The van der Waals surface area contributed by atoms with E-state index in [1.165, 1.54) is 0 Å². The monoisotopic (exact) mass is 180 g/mol. The minimum atomic E-state index is -1.16. The highest BCUT2D eigenvalue weighted by molar-refractivity contribution is 5.86. The van der Waals surface area contributed by atoms with E-state index in [-0.39, 0.29) is 0 Å². The van der Waals surface area contributed by atoms with E-state index in [4.69, 9.17) is 10.2 Å². The largest absolute Gasteiger partial charge is 0.472 e. The van der Waals surface area contributed by atoms with Crippen molar-refractivity contribution in [3.05, 3.63) is 0 Å². The molecule has 0 aromatic heterocycles. The molecule has 0 saturated heterocycles. The van der Waals surface area contributed by atoms with Crippen LogP contribution in [-0.4, -0.2) is 22.2 Å².